The van der Waals surface area contributed by atoms with Crippen LogP contribution in [0.25, 0.3) is 11.0 Å². The van der Waals surface area contributed by atoms with E-state index >= 15 is 0 Å². The molecule has 5 rings (SSSR count). The van der Waals surface area contributed by atoms with E-state index in [0.717, 1.165) is 42.7 Å². The SMILES string of the molecule is CCn1c(NC(=O)N(C)[C@H]2[C@H]3Cc4ccc(OC)cc4[C@@]2(C)CCN3C)nc2ccccc21. The zero-order valence-corrected chi connectivity index (χ0v) is 20.1. The smallest absolute Gasteiger partial charge is 0.324 e. The molecule has 174 valence electrons. The molecule has 2 amide bonds. The fourth-order valence-electron chi connectivity index (χ4n) is 6.05. The van der Waals surface area contributed by atoms with Crippen molar-refractivity contribution in [3.63, 3.8) is 0 Å². The predicted molar refractivity (Wildman–Crippen MR) is 131 cm³/mol. The molecule has 2 aromatic carbocycles. The normalized spacial score (nSPS) is 24.4. The third-order valence-electron chi connectivity index (χ3n) is 7.86. The Hall–Kier alpha value is -3.06. The maximum Gasteiger partial charge on any atom is 0.324 e. The lowest BCUT2D eigenvalue weighted by Gasteiger charge is -2.57. The average Bonchev–Trinajstić information content (AvgIpc) is 3.18. The number of urea groups is 1. The van der Waals surface area contributed by atoms with E-state index < -0.39 is 0 Å². The van der Waals surface area contributed by atoms with Gasteiger partial charge in [0.25, 0.3) is 0 Å². The lowest BCUT2D eigenvalue weighted by Crippen LogP contribution is -2.67. The number of imidazole rings is 1. The van der Waals surface area contributed by atoms with Crippen molar-refractivity contribution in [2.75, 3.05) is 33.1 Å². The van der Waals surface area contributed by atoms with E-state index in [2.05, 4.69) is 47.8 Å². The minimum absolute atomic E-state index is 0.0373. The van der Waals surface area contributed by atoms with Crippen LogP contribution in [0.1, 0.15) is 31.4 Å². The van der Waals surface area contributed by atoms with Crippen molar-refractivity contribution >= 4 is 23.0 Å². The number of hydrogen-bond donors (Lipinski definition) is 1. The molecule has 1 aliphatic heterocycles. The number of rotatable bonds is 4. The zero-order chi connectivity index (χ0) is 23.3. The number of likely N-dealkylation sites (tertiary alicyclic amines) is 1. The second-order valence-corrected chi connectivity index (χ2v) is 9.60. The van der Waals surface area contributed by atoms with Crippen molar-refractivity contribution in [2.24, 2.45) is 0 Å². The van der Waals surface area contributed by atoms with Gasteiger partial charge in [0.05, 0.1) is 24.2 Å². The maximum absolute atomic E-state index is 13.6. The fourth-order valence-corrected chi connectivity index (χ4v) is 6.05. The van der Waals surface area contributed by atoms with Crippen LogP contribution in [0.4, 0.5) is 10.7 Å². The zero-order valence-electron chi connectivity index (χ0n) is 20.1. The van der Waals surface area contributed by atoms with Gasteiger partial charge in [-0.3, -0.25) is 5.32 Å². The summed E-state index contributed by atoms with van der Waals surface area (Å²) in [6, 6.07) is 14.6. The van der Waals surface area contributed by atoms with Gasteiger partial charge in [0, 0.05) is 25.0 Å². The first-order valence-electron chi connectivity index (χ1n) is 11.7. The predicted octanol–water partition coefficient (Wildman–Crippen LogP) is 4.12. The minimum atomic E-state index is -0.156. The third kappa shape index (κ3) is 3.37. The molecule has 1 fully saturated rings. The number of fused-ring (bicyclic) bond motifs is 5. The molecule has 2 bridgehead atoms. The molecule has 1 N–H and O–H groups in total. The Balaban J connectivity index is 1.49. The van der Waals surface area contributed by atoms with Crippen molar-refractivity contribution in [2.45, 2.75) is 50.7 Å². The van der Waals surface area contributed by atoms with E-state index in [1.54, 1.807) is 7.11 Å². The number of nitrogens with zero attached hydrogens (tertiary/aromatic N) is 4. The first kappa shape index (κ1) is 21.8. The monoisotopic (exact) mass is 447 g/mol. The van der Waals surface area contributed by atoms with E-state index in [4.69, 9.17) is 9.72 Å². The van der Waals surface area contributed by atoms with E-state index in [0.29, 0.717) is 5.95 Å². The summed E-state index contributed by atoms with van der Waals surface area (Å²) in [7, 11) is 5.81. The Morgan fingerprint density at radius 1 is 1.30 bits per heavy atom. The van der Waals surface area contributed by atoms with Gasteiger partial charge in [0.1, 0.15) is 5.75 Å². The Morgan fingerprint density at radius 3 is 2.85 bits per heavy atom. The van der Waals surface area contributed by atoms with Gasteiger partial charge >= 0.3 is 6.03 Å². The van der Waals surface area contributed by atoms with Crippen LogP contribution in [0.2, 0.25) is 0 Å². The highest BCUT2D eigenvalue weighted by Crippen LogP contribution is 2.47. The quantitative estimate of drug-likeness (QED) is 0.654. The number of carbonyl (C=O) groups is 1. The number of aryl methyl sites for hydroxylation is 1. The first-order valence-corrected chi connectivity index (χ1v) is 11.7. The van der Waals surface area contributed by atoms with Gasteiger partial charge in [-0.05, 0) is 68.8 Å². The molecule has 0 spiro atoms. The van der Waals surface area contributed by atoms with Gasteiger partial charge in [-0.1, -0.05) is 25.1 Å². The number of ether oxygens (including phenoxy) is 1. The molecule has 2 heterocycles. The van der Waals surface area contributed by atoms with Gasteiger partial charge in [-0.25, -0.2) is 9.78 Å². The van der Waals surface area contributed by atoms with Crippen LogP contribution in [0.15, 0.2) is 42.5 Å². The number of piperidine rings is 1. The van der Waals surface area contributed by atoms with Crippen molar-refractivity contribution < 1.29 is 9.53 Å². The molecule has 7 nitrogen and oxygen atoms in total. The summed E-state index contributed by atoms with van der Waals surface area (Å²) < 4.78 is 7.60. The number of aromatic nitrogens is 2. The van der Waals surface area contributed by atoms with E-state index in [1.165, 1.54) is 11.1 Å². The molecule has 0 radical (unpaired) electrons. The molecule has 7 heteroatoms. The molecule has 33 heavy (non-hydrogen) atoms. The van der Waals surface area contributed by atoms with Crippen molar-refractivity contribution in [3.05, 3.63) is 53.6 Å². The highest BCUT2D eigenvalue weighted by atomic mass is 16.5. The Bertz CT molecular complexity index is 1200. The number of likely N-dealkylation sites (N-methyl/N-ethyl adjacent to an activating group) is 2. The summed E-state index contributed by atoms with van der Waals surface area (Å²) in [6.07, 6.45) is 1.90. The number of carbonyl (C=O) groups excluding carboxylic acids is 1. The largest absolute Gasteiger partial charge is 0.497 e. The highest BCUT2D eigenvalue weighted by Gasteiger charge is 2.52. The van der Waals surface area contributed by atoms with Gasteiger partial charge in [0.15, 0.2) is 0 Å². The average molecular weight is 448 g/mol. The molecule has 0 unspecified atom stereocenters. The summed E-state index contributed by atoms with van der Waals surface area (Å²) in [5.74, 6) is 1.46. The number of benzene rings is 2. The molecule has 2 aliphatic rings. The summed E-state index contributed by atoms with van der Waals surface area (Å²) in [4.78, 5) is 22.6. The molecule has 1 aromatic heterocycles. The van der Waals surface area contributed by atoms with Crippen LogP contribution in [-0.2, 0) is 18.4 Å². The molecule has 3 atom stereocenters. The number of nitrogens with one attached hydrogen (secondary N) is 1. The van der Waals surface area contributed by atoms with E-state index in [9.17, 15) is 4.79 Å². The molecule has 1 saturated heterocycles. The fraction of sp³-hybridized carbons (Fsp3) is 0.462. The standard InChI is InChI=1S/C26H33N5O2/c1-6-31-21-10-8-7-9-20(21)27-24(31)28-25(32)30(4)23-22-15-17-11-12-18(33-5)16-19(17)26(23,2)13-14-29(22)3/h7-12,16,22-23H,6,13-15H2,1-5H3,(H,27,28,32)/t22-,23+,26-/m1/s1. The topological polar surface area (TPSA) is 62.6 Å². The number of amides is 2. The Kier molecular flexibility index (Phi) is 5.32. The summed E-state index contributed by atoms with van der Waals surface area (Å²) >= 11 is 0. The molecule has 1 aliphatic carbocycles. The Morgan fingerprint density at radius 2 is 2.09 bits per heavy atom. The van der Waals surface area contributed by atoms with Gasteiger partial charge in [-0.2, -0.15) is 0 Å². The summed E-state index contributed by atoms with van der Waals surface area (Å²) in [5.41, 5.74) is 4.42. The van der Waals surface area contributed by atoms with Crippen molar-refractivity contribution in [1.82, 2.24) is 19.4 Å². The van der Waals surface area contributed by atoms with Crippen LogP contribution >= 0.6 is 0 Å². The molecular weight excluding hydrogens is 414 g/mol. The molecule has 3 aromatic rings. The number of hydrogen-bond acceptors (Lipinski definition) is 4. The molecule has 0 saturated carbocycles. The Labute approximate surface area is 195 Å². The highest BCUT2D eigenvalue weighted by molar-refractivity contribution is 5.90. The number of para-hydroxylation sites is 2. The van der Waals surface area contributed by atoms with Crippen LogP contribution in [0, 0.1) is 0 Å². The lowest BCUT2D eigenvalue weighted by molar-refractivity contribution is 0.0213. The van der Waals surface area contributed by atoms with E-state index in [1.807, 2.05) is 42.3 Å². The van der Waals surface area contributed by atoms with Gasteiger partial charge < -0.3 is 19.1 Å². The second-order valence-electron chi connectivity index (χ2n) is 9.60. The van der Waals surface area contributed by atoms with E-state index in [-0.39, 0.29) is 23.5 Å². The maximum atomic E-state index is 13.6. The lowest BCUT2D eigenvalue weighted by atomic mass is 9.61. The van der Waals surface area contributed by atoms with Gasteiger partial charge in [0.2, 0.25) is 5.95 Å². The van der Waals surface area contributed by atoms with Crippen LogP contribution in [0.5, 0.6) is 5.75 Å². The van der Waals surface area contributed by atoms with Crippen molar-refractivity contribution in [1.29, 1.82) is 0 Å². The first-order chi connectivity index (χ1) is 15.9. The van der Waals surface area contributed by atoms with Crippen LogP contribution < -0.4 is 10.1 Å². The van der Waals surface area contributed by atoms with Crippen molar-refractivity contribution in [3.8, 4) is 5.75 Å². The van der Waals surface area contributed by atoms with Gasteiger partial charge in [-0.15, -0.1) is 0 Å². The third-order valence-corrected chi connectivity index (χ3v) is 7.86. The summed E-state index contributed by atoms with van der Waals surface area (Å²) in [6.45, 7) is 6.12. The van der Waals surface area contributed by atoms with Crippen LogP contribution in [-0.4, -0.2) is 65.2 Å². The molecular formula is C26H33N5O2. The summed E-state index contributed by atoms with van der Waals surface area (Å²) in [5, 5.41) is 3.11. The van der Waals surface area contributed by atoms with Crippen LogP contribution in [0.3, 0.4) is 0 Å². The second kappa shape index (κ2) is 8.06. The minimum Gasteiger partial charge on any atom is -0.497 e. The number of anilines is 1. The number of methoxy groups -OCH3 is 1.